The predicted molar refractivity (Wildman–Crippen MR) is 96.5 cm³/mol. The van der Waals surface area contributed by atoms with Crippen molar-refractivity contribution < 1.29 is 22.8 Å². The summed E-state index contributed by atoms with van der Waals surface area (Å²) >= 11 is 0. The molecular weight excluding hydrogens is 371 g/mol. The fraction of sp³-hybridized carbons (Fsp3) is 0.700. The van der Waals surface area contributed by atoms with E-state index in [0.29, 0.717) is 23.8 Å². The third kappa shape index (κ3) is 3.65. The van der Waals surface area contributed by atoms with Gasteiger partial charge in [-0.1, -0.05) is 13.3 Å². The van der Waals surface area contributed by atoms with Gasteiger partial charge in [0.15, 0.2) is 0 Å². The molecule has 1 unspecified atom stereocenters. The van der Waals surface area contributed by atoms with Crippen molar-refractivity contribution in [3.8, 4) is 0 Å². The van der Waals surface area contributed by atoms with Crippen LogP contribution in [0.1, 0.15) is 48.7 Å². The van der Waals surface area contributed by atoms with Crippen LogP contribution in [0.25, 0.3) is 0 Å². The Morgan fingerprint density at radius 2 is 1.93 bits per heavy atom. The zero-order valence-electron chi connectivity index (χ0n) is 15.9. The molecule has 2 amide bonds. The largest absolute Gasteiger partial charge is 0.395 e. The third-order valence-corrected chi connectivity index (χ3v) is 6.54. The fourth-order valence-electron chi connectivity index (χ4n) is 4.96. The van der Waals surface area contributed by atoms with Crippen LogP contribution in [0, 0.1) is 23.7 Å². The van der Waals surface area contributed by atoms with Crippen LogP contribution in [0.2, 0.25) is 0 Å². The molecule has 1 aromatic heterocycles. The quantitative estimate of drug-likeness (QED) is 0.802. The van der Waals surface area contributed by atoms with Crippen LogP contribution in [0.3, 0.4) is 0 Å². The minimum Gasteiger partial charge on any atom is -0.364 e. The summed E-state index contributed by atoms with van der Waals surface area (Å²) in [6.45, 7) is 1.53. The van der Waals surface area contributed by atoms with Crippen molar-refractivity contribution >= 4 is 11.8 Å². The normalized spacial score (nSPS) is 31.7. The van der Waals surface area contributed by atoms with Crippen LogP contribution >= 0.6 is 0 Å². The van der Waals surface area contributed by atoms with E-state index in [-0.39, 0.29) is 24.9 Å². The number of carbonyl (C=O) groups excluding carboxylic acids is 2. The topological polar surface area (TPSA) is 65.2 Å². The average molecular weight is 397 g/mol. The first-order valence-electron chi connectivity index (χ1n) is 10.1. The molecule has 3 fully saturated rings. The van der Waals surface area contributed by atoms with Crippen molar-refractivity contribution in [1.29, 1.82) is 0 Å². The number of amides is 2. The molecule has 1 aromatic rings. The highest BCUT2D eigenvalue weighted by Gasteiger charge is 2.54. The number of aromatic amines is 1. The number of fused-ring (bicyclic) bond motifs is 1. The number of rotatable bonds is 5. The van der Waals surface area contributed by atoms with E-state index < -0.39 is 24.0 Å². The molecule has 8 heteroatoms. The molecule has 5 atom stereocenters. The number of hydrogen-bond acceptors (Lipinski definition) is 2. The van der Waals surface area contributed by atoms with Gasteiger partial charge in [-0.25, -0.2) is 0 Å². The van der Waals surface area contributed by atoms with Gasteiger partial charge in [-0.2, -0.15) is 13.2 Å². The molecule has 0 aromatic carbocycles. The van der Waals surface area contributed by atoms with E-state index in [1.54, 1.807) is 12.3 Å². The van der Waals surface area contributed by atoms with Gasteiger partial charge < -0.3 is 15.2 Å². The molecule has 5 nitrogen and oxygen atoms in total. The van der Waals surface area contributed by atoms with Crippen LogP contribution < -0.4 is 5.32 Å². The number of aryl methyl sites for hydroxylation is 1. The minimum absolute atomic E-state index is 0.0753. The number of halogens is 3. The van der Waals surface area contributed by atoms with Crippen molar-refractivity contribution in [3.05, 3.63) is 23.5 Å². The second-order valence-electron chi connectivity index (χ2n) is 8.52. The molecule has 0 spiro atoms. The molecule has 3 aliphatic rings. The maximum Gasteiger partial charge on any atom is 0.395 e. The van der Waals surface area contributed by atoms with E-state index in [1.807, 2.05) is 6.92 Å². The van der Waals surface area contributed by atoms with Crippen LogP contribution in [-0.4, -0.2) is 47.0 Å². The van der Waals surface area contributed by atoms with Gasteiger partial charge >= 0.3 is 6.18 Å². The first-order valence-corrected chi connectivity index (χ1v) is 10.1. The molecular formula is C20H26F3N3O2. The zero-order valence-corrected chi connectivity index (χ0v) is 15.9. The molecule has 2 N–H and O–H groups in total. The molecule has 4 rings (SSSR count). The van der Waals surface area contributed by atoms with E-state index in [2.05, 4.69) is 10.3 Å². The first kappa shape index (κ1) is 19.3. The monoisotopic (exact) mass is 397 g/mol. The van der Waals surface area contributed by atoms with E-state index in [0.717, 1.165) is 31.4 Å². The minimum atomic E-state index is -4.46. The zero-order chi connectivity index (χ0) is 20.1. The lowest BCUT2D eigenvalue weighted by molar-refractivity contribution is -0.175. The smallest absolute Gasteiger partial charge is 0.364 e. The number of likely N-dealkylation sites (tertiary alicyclic amines) is 1. The summed E-state index contributed by atoms with van der Waals surface area (Å²) in [4.78, 5) is 29.6. The van der Waals surface area contributed by atoms with Crippen LogP contribution in [0.15, 0.2) is 12.3 Å². The van der Waals surface area contributed by atoms with E-state index >= 15 is 0 Å². The van der Waals surface area contributed by atoms with Crippen LogP contribution in [0.4, 0.5) is 13.2 Å². The van der Waals surface area contributed by atoms with Crippen LogP contribution in [-0.2, 0) is 11.2 Å². The Bertz CT molecular complexity index is 750. The second-order valence-corrected chi connectivity index (χ2v) is 8.52. The maximum absolute atomic E-state index is 13.6. The summed E-state index contributed by atoms with van der Waals surface area (Å²) in [6, 6.07) is 0.475. The SMILES string of the molecule is CCCc1[nH]ccc1C(=O)N[C@@H]1CN(C(=O)C2C[C@@H]3C[C@@H]3C2)C[C@H]1C(F)(F)F. The number of aromatic nitrogens is 1. The van der Waals surface area contributed by atoms with E-state index in [9.17, 15) is 22.8 Å². The molecule has 1 aliphatic heterocycles. The van der Waals surface area contributed by atoms with Gasteiger partial charge in [0.05, 0.1) is 17.5 Å². The highest BCUT2D eigenvalue weighted by molar-refractivity contribution is 5.95. The summed E-state index contributed by atoms with van der Waals surface area (Å²) in [5, 5.41) is 2.56. The highest BCUT2D eigenvalue weighted by atomic mass is 19.4. The lowest BCUT2D eigenvalue weighted by atomic mass is 10.0. The molecule has 2 aliphatic carbocycles. The van der Waals surface area contributed by atoms with Crippen molar-refractivity contribution in [2.75, 3.05) is 13.1 Å². The van der Waals surface area contributed by atoms with Gasteiger partial charge in [-0.05, 0) is 43.6 Å². The predicted octanol–water partition coefficient (Wildman–Crippen LogP) is 3.13. The van der Waals surface area contributed by atoms with E-state index in [1.165, 1.54) is 4.90 Å². The van der Waals surface area contributed by atoms with E-state index in [4.69, 9.17) is 0 Å². The Balaban J connectivity index is 1.45. The Labute approximate surface area is 162 Å². The average Bonchev–Trinajstić information content (AvgIpc) is 3.03. The van der Waals surface area contributed by atoms with Gasteiger partial charge in [0.2, 0.25) is 5.91 Å². The van der Waals surface area contributed by atoms with Gasteiger partial charge in [0.25, 0.3) is 5.91 Å². The van der Waals surface area contributed by atoms with Gasteiger partial charge in [0, 0.05) is 30.9 Å². The summed E-state index contributed by atoms with van der Waals surface area (Å²) in [6.07, 6.45) is 1.39. The molecule has 0 bridgehead atoms. The number of H-pyrrole nitrogens is 1. The third-order valence-electron chi connectivity index (χ3n) is 6.54. The molecule has 154 valence electrons. The molecule has 2 heterocycles. The van der Waals surface area contributed by atoms with Gasteiger partial charge in [-0.3, -0.25) is 9.59 Å². The number of nitrogens with zero attached hydrogens (tertiary/aromatic N) is 1. The van der Waals surface area contributed by atoms with Gasteiger partial charge in [-0.15, -0.1) is 0 Å². The second kappa shape index (κ2) is 7.12. The fourth-order valence-corrected chi connectivity index (χ4v) is 4.96. The van der Waals surface area contributed by atoms with Crippen LogP contribution in [0.5, 0.6) is 0 Å². The summed E-state index contributed by atoms with van der Waals surface area (Å²) < 4.78 is 40.8. The lowest BCUT2D eigenvalue weighted by Gasteiger charge is -2.22. The molecule has 1 saturated heterocycles. The number of hydrogen-bond donors (Lipinski definition) is 2. The van der Waals surface area contributed by atoms with Crippen molar-refractivity contribution in [2.45, 2.75) is 51.2 Å². The molecule has 2 saturated carbocycles. The van der Waals surface area contributed by atoms with Crippen molar-refractivity contribution in [3.63, 3.8) is 0 Å². The number of alkyl halides is 3. The number of carbonyl (C=O) groups is 2. The maximum atomic E-state index is 13.6. The van der Waals surface area contributed by atoms with Crippen molar-refractivity contribution in [2.24, 2.45) is 23.7 Å². The lowest BCUT2D eigenvalue weighted by Crippen LogP contribution is -2.45. The van der Waals surface area contributed by atoms with Gasteiger partial charge in [0.1, 0.15) is 0 Å². The first-order chi connectivity index (χ1) is 13.3. The summed E-state index contributed by atoms with van der Waals surface area (Å²) in [5.74, 6) is -1.38. The highest BCUT2D eigenvalue weighted by Crippen LogP contribution is 2.54. The molecule has 28 heavy (non-hydrogen) atoms. The Morgan fingerprint density at radius 3 is 2.57 bits per heavy atom. The number of nitrogens with one attached hydrogen (secondary N) is 2. The Hall–Kier alpha value is -1.99. The Kier molecular flexibility index (Phi) is 4.91. The van der Waals surface area contributed by atoms with Crippen molar-refractivity contribution in [1.82, 2.24) is 15.2 Å². The summed E-state index contributed by atoms with van der Waals surface area (Å²) in [7, 11) is 0. The standard InChI is InChI=1S/C20H26F3N3O2/c1-2-3-16-14(4-5-24-16)18(27)25-17-10-26(9-15(17)20(21,22)23)19(28)13-7-11-6-12(11)8-13/h4-5,11-13,15,17,24H,2-3,6-10H2,1H3,(H,25,27)/t11-,12+,13?,15-,17-/m1/s1. The molecule has 0 radical (unpaired) electrons. The Morgan fingerprint density at radius 1 is 1.21 bits per heavy atom. The summed E-state index contributed by atoms with van der Waals surface area (Å²) in [5.41, 5.74) is 1.10.